The minimum atomic E-state index is -3.96. The van der Waals surface area contributed by atoms with Gasteiger partial charge >= 0.3 is 10.2 Å². The van der Waals surface area contributed by atoms with Crippen LogP contribution in [0.25, 0.3) is 11.0 Å². The van der Waals surface area contributed by atoms with Gasteiger partial charge in [-0.3, -0.25) is 4.79 Å². The van der Waals surface area contributed by atoms with E-state index in [1.165, 1.54) is 26.2 Å². The molecule has 1 heterocycles. The molecule has 0 aliphatic carbocycles. The molecule has 2 aromatic carbocycles. The van der Waals surface area contributed by atoms with Crippen molar-refractivity contribution in [1.29, 1.82) is 5.26 Å². The molecular formula is C17H14N4O3S. The van der Waals surface area contributed by atoms with Crippen molar-refractivity contribution in [2.24, 2.45) is 0 Å². The van der Waals surface area contributed by atoms with E-state index in [4.69, 9.17) is 0 Å². The third-order valence-electron chi connectivity index (χ3n) is 3.70. The molecule has 0 aliphatic heterocycles. The Kier molecular flexibility index (Phi) is 4.12. The van der Waals surface area contributed by atoms with Gasteiger partial charge in [0.1, 0.15) is 6.07 Å². The van der Waals surface area contributed by atoms with Crippen molar-refractivity contribution in [3.63, 3.8) is 0 Å². The van der Waals surface area contributed by atoms with E-state index in [9.17, 15) is 18.5 Å². The van der Waals surface area contributed by atoms with Gasteiger partial charge in [-0.05, 0) is 18.2 Å². The molecule has 0 aliphatic rings. The summed E-state index contributed by atoms with van der Waals surface area (Å²) in [5.41, 5.74) is 1.32. The summed E-state index contributed by atoms with van der Waals surface area (Å²) in [6, 6.07) is 15.0. The van der Waals surface area contributed by atoms with Crippen molar-refractivity contribution in [3.05, 3.63) is 65.5 Å². The summed E-state index contributed by atoms with van der Waals surface area (Å²) in [5.74, 6) is -0.496. The van der Waals surface area contributed by atoms with E-state index >= 15 is 0 Å². The van der Waals surface area contributed by atoms with Gasteiger partial charge < -0.3 is 0 Å². The summed E-state index contributed by atoms with van der Waals surface area (Å²) in [7, 11) is -1.23. The number of aromatic nitrogens is 2. The van der Waals surface area contributed by atoms with Crippen molar-refractivity contribution in [2.45, 2.75) is 0 Å². The zero-order valence-corrected chi connectivity index (χ0v) is 14.4. The minimum absolute atomic E-state index is 0.187. The van der Waals surface area contributed by atoms with Gasteiger partial charge in [-0.25, -0.2) is 4.98 Å². The molecule has 0 unspecified atom stereocenters. The molecule has 0 fully saturated rings. The molecule has 0 atom stereocenters. The van der Waals surface area contributed by atoms with Gasteiger partial charge in [-0.2, -0.15) is 22.0 Å². The third kappa shape index (κ3) is 2.80. The highest BCUT2D eigenvalue weighted by Gasteiger charge is 2.25. The van der Waals surface area contributed by atoms with Gasteiger partial charge in [0, 0.05) is 25.2 Å². The number of nitrogens with zero attached hydrogens (tertiary/aromatic N) is 4. The molecule has 0 amide bonds. The van der Waals surface area contributed by atoms with Crippen LogP contribution in [0.4, 0.5) is 0 Å². The highest BCUT2D eigenvalue weighted by atomic mass is 32.2. The quantitative estimate of drug-likeness (QED) is 0.666. The summed E-state index contributed by atoms with van der Waals surface area (Å²) < 4.78 is 26.9. The van der Waals surface area contributed by atoms with Crippen molar-refractivity contribution >= 4 is 27.0 Å². The summed E-state index contributed by atoms with van der Waals surface area (Å²) in [6.45, 7) is 0. The summed E-state index contributed by atoms with van der Waals surface area (Å²) in [6.07, 6.45) is 0. The van der Waals surface area contributed by atoms with Crippen LogP contribution in [-0.4, -0.2) is 41.6 Å². The Labute approximate surface area is 144 Å². The zero-order chi connectivity index (χ0) is 18.2. The SMILES string of the molecule is CN(C)S(=O)(=O)n1c(C#N)nc2ccc(C(=O)c3ccccc3)cc21. The average molecular weight is 354 g/mol. The van der Waals surface area contributed by atoms with Gasteiger partial charge in [-0.1, -0.05) is 30.3 Å². The molecule has 0 saturated heterocycles. The van der Waals surface area contributed by atoms with E-state index in [1.54, 1.807) is 42.5 Å². The molecule has 1 aromatic heterocycles. The Balaban J connectivity index is 2.25. The summed E-state index contributed by atoms with van der Waals surface area (Å²) in [5, 5.41) is 9.24. The fourth-order valence-corrected chi connectivity index (χ4v) is 3.44. The first-order chi connectivity index (χ1) is 11.9. The van der Waals surface area contributed by atoms with Gasteiger partial charge in [-0.15, -0.1) is 0 Å². The second-order valence-electron chi connectivity index (χ2n) is 5.50. The van der Waals surface area contributed by atoms with Gasteiger partial charge in [0.2, 0.25) is 5.82 Å². The van der Waals surface area contributed by atoms with E-state index < -0.39 is 10.2 Å². The van der Waals surface area contributed by atoms with E-state index in [-0.39, 0.29) is 17.1 Å². The van der Waals surface area contributed by atoms with Crippen molar-refractivity contribution in [2.75, 3.05) is 14.1 Å². The third-order valence-corrected chi connectivity index (χ3v) is 5.46. The maximum Gasteiger partial charge on any atom is 0.309 e. The van der Waals surface area contributed by atoms with E-state index in [2.05, 4.69) is 4.98 Å². The molecule has 0 spiro atoms. The number of carbonyl (C=O) groups is 1. The Hall–Kier alpha value is -3.02. The first kappa shape index (κ1) is 16.8. The van der Waals surface area contributed by atoms with Gasteiger partial charge in [0.25, 0.3) is 0 Å². The highest BCUT2D eigenvalue weighted by molar-refractivity contribution is 7.87. The number of benzene rings is 2. The highest BCUT2D eigenvalue weighted by Crippen LogP contribution is 2.22. The van der Waals surface area contributed by atoms with Crippen LogP contribution in [0.5, 0.6) is 0 Å². The van der Waals surface area contributed by atoms with Crippen molar-refractivity contribution < 1.29 is 13.2 Å². The van der Waals surface area contributed by atoms with E-state index in [1.807, 2.05) is 0 Å². The number of ketones is 1. The largest absolute Gasteiger partial charge is 0.309 e. The summed E-state index contributed by atoms with van der Waals surface area (Å²) in [4.78, 5) is 16.6. The van der Waals surface area contributed by atoms with E-state index in [0.29, 0.717) is 16.6 Å². The van der Waals surface area contributed by atoms with Crippen LogP contribution in [0.3, 0.4) is 0 Å². The fourth-order valence-electron chi connectivity index (χ4n) is 2.42. The number of carbonyl (C=O) groups excluding carboxylic acids is 1. The van der Waals surface area contributed by atoms with Crippen LogP contribution in [0.1, 0.15) is 21.7 Å². The lowest BCUT2D eigenvalue weighted by Gasteiger charge is -2.13. The Morgan fingerprint density at radius 3 is 2.40 bits per heavy atom. The molecule has 3 rings (SSSR count). The van der Waals surface area contributed by atoms with Crippen LogP contribution in [0, 0.1) is 11.3 Å². The minimum Gasteiger partial charge on any atom is -0.289 e. The molecule has 0 bridgehead atoms. The topological polar surface area (TPSA) is 96.1 Å². The maximum absolute atomic E-state index is 12.6. The summed E-state index contributed by atoms with van der Waals surface area (Å²) >= 11 is 0. The van der Waals surface area contributed by atoms with Gasteiger partial charge in [0.15, 0.2) is 5.78 Å². The second kappa shape index (κ2) is 6.12. The number of nitriles is 1. The molecule has 8 heteroatoms. The average Bonchev–Trinajstić information content (AvgIpc) is 3.00. The number of rotatable bonds is 4. The van der Waals surface area contributed by atoms with Crippen LogP contribution < -0.4 is 0 Å². The molecule has 0 radical (unpaired) electrons. The zero-order valence-electron chi connectivity index (χ0n) is 13.5. The van der Waals surface area contributed by atoms with Crippen LogP contribution >= 0.6 is 0 Å². The van der Waals surface area contributed by atoms with Crippen LogP contribution in [-0.2, 0) is 10.2 Å². The van der Waals surface area contributed by atoms with Crippen LogP contribution in [0.2, 0.25) is 0 Å². The smallest absolute Gasteiger partial charge is 0.289 e. The molecular weight excluding hydrogens is 340 g/mol. The molecule has 3 aromatic rings. The number of fused-ring (bicyclic) bond motifs is 1. The lowest BCUT2D eigenvalue weighted by Crippen LogP contribution is -2.29. The van der Waals surface area contributed by atoms with Crippen molar-refractivity contribution in [1.82, 2.24) is 13.3 Å². The molecule has 126 valence electrons. The monoisotopic (exact) mass is 354 g/mol. The fraction of sp³-hybridized carbons (Fsp3) is 0.118. The number of imidazole rings is 1. The lowest BCUT2D eigenvalue weighted by molar-refractivity contribution is 0.103. The molecule has 0 N–H and O–H groups in total. The molecule has 25 heavy (non-hydrogen) atoms. The van der Waals surface area contributed by atoms with Gasteiger partial charge in [0.05, 0.1) is 11.0 Å². The van der Waals surface area contributed by atoms with Crippen molar-refractivity contribution in [3.8, 4) is 6.07 Å². The Morgan fingerprint density at radius 1 is 1.12 bits per heavy atom. The standard InChI is InChI=1S/C17H14N4O3S/c1-20(2)25(23,24)21-15-10-13(8-9-14(15)19-16(21)11-18)17(22)12-6-4-3-5-7-12/h3-10H,1-2H3. The Bertz CT molecular complexity index is 1110. The van der Waals surface area contributed by atoms with Crippen LogP contribution in [0.15, 0.2) is 48.5 Å². The lowest BCUT2D eigenvalue weighted by atomic mass is 10.0. The molecule has 7 nitrogen and oxygen atoms in total. The number of hydrogen-bond donors (Lipinski definition) is 0. The predicted octanol–water partition coefficient (Wildman–Crippen LogP) is 1.79. The Morgan fingerprint density at radius 2 is 1.80 bits per heavy atom. The normalized spacial score (nSPS) is 11.6. The number of hydrogen-bond acceptors (Lipinski definition) is 5. The predicted molar refractivity (Wildman–Crippen MR) is 92.3 cm³/mol. The molecule has 0 saturated carbocycles. The maximum atomic E-state index is 12.6. The van der Waals surface area contributed by atoms with E-state index in [0.717, 1.165) is 8.28 Å². The second-order valence-corrected chi connectivity index (χ2v) is 7.49. The first-order valence-corrected chi connectivity index (χ1v) is 8.71. The first-order valence-electron chi connectivity index (χ1n) is 7.31.